The fraction of sp³-hybridized carbons (Fsp3) is 0.167. The van der Waals surface area contributed by atoms with Gasteiger partial charge in [-0.2, -0.15) is 5.10 Å². The van der Waals surface area contributed by atoms with Gasteiger partial charge in [-0.05, 0) is 25.1 Å². The molecule has 1 N–H and O–H groups in total. The molecule has 2 aromatic rings. The highest BCUT2D eigenvalue weighted by Crippen LogP contribution is 2.12. The Morgan fingerprint density at radius 1 is 1.41 bits per heavy atom. The second-order valence-electron chi connectivity index (χ2n) is 3.80. The number of aromatic nitrogens is 2. The van der Waals surface area contributed by atoms with Crippen LogP contribution in [0.2, 0.25) is 0 Å². The highest BCUT2D eigenvalue weighted by molar-refractivity contribution is 7.80. The van der Waals surface area contributed by atoms with Gasteiger partial charge in [0.2, 0.25) is 0 Å². The Morgan fingerprint density at radius 3 is 2.76 bits per heavy atom. The van der Waals surface area contributed by atoms with E-state index in [1.807, 2.05) is 26.1 Å². The molecule has 1 aromatic carbocycles. The van der Waals surface area contributed by atoms with Crippen LogP contribution >= 0.6 is 12.6 Å². The fourth-order valence-electron chi connectivity index (χ4n) is 1.46. The molecule has 0 unspecified atom stereocenters. The number of carbonyl (C=O) groups is 1. The van der Waals surface area contributed by atoms with Gasteiger partial charge in [0.25, 0.3) is 5.91 Å². The van der Waals surface area contributed by atoms with E-state index in [0.717, 1.165) is 10.6 Å². The molecular weight excluding hydrogens is 234 g/mol. The van der Waals surface area contributed by atoms with Crippen molar-refractivity contribution >= 4 is 24.4 Å². The molecular formula is C12H13N3OS. The highest BCUT2D eigenvalue weighted by Gasteiger charge is 2.08. The second-order valence-corrected chi connectivity index (χ2v) is 4.32. The quantitative estimate of drug-likeness (QED) is 0.800. The molecule has 0 aliphatic rings. The molecule has 0 saturated carbocycles. The van der Waals surface area contributed by atoms with Crippen molar-refractivity contribution in [3.05, 3.63) is 41.6 Å². The van der Waals surface area contributed by atoms with Crippen LogP contribution in [0.4, 0.5) is 5.82 Å². The van der Waals surface area contributed by atoms with Crippen LogP contribution in [0.1, 0.15) is 16.1 Å². The van der Waals surface area contributed by atoms with Crippen LogP contribution < -0.4 is 5.32 Å². The van der Waals surface area contributed by atoms with Crippen molar-refractivity contribution in [3.63, 3.8) is 0 Å². The van der Waals surface area contributed by atoms with E-state index < -0.39 is 0 Å². The molecule has 0 saturated heterocycles. The SMILES string of the molecule is Cc1cc(NC(=O)c2cccc(S)c2)nn1C. The van der Waals surface area contributed by atoms with E-state index in [0.29, 0.717) is 11.4 Å². The molecule has 1 amide bonds. The van der Waals surface area contributed by atoms with Crippen LogP contribution in [0.25, 0.3) is 0 Å². The van der Waals surface area contributed by atoms with Gasteiger partial charge in [-0.25, -0.2) is 0 Å². The third-order valence-corrected chi connectivity index (χ3v) is 2.74. The summed E-state index contributed by atoms with van der Waals surface area (Å²) in [6.45, 7) is 1.93. The number of benzene rings is 1. The maximum absolute atomic E-state index is 11.9. The van der Waals surface area contributed by atoms with Gasteiger partial charge < -0.3 is 5.32 Å². The van der Waals surface area contributed by atoms with E-state index in [1.165, 1.54) is 0 Å². The van der Waals surface area contributed by atoms with Gasteiger partial charge in [0.1, 0.15) is 0 Å². The van der Waals surface area contributed by atoms with E-state index in [4.69, 9.17) is 0 Å². The molecule has 0 aliphatic carbocycles. The van der Waals surface area contributed by atoms with Gasteiger partial charge in [0.05, 0.1) is 0 Å². The smallest absolute Gasteiger partial charge is 0.256 e. The summed E-state index contributed by atoms with van der Waals surface area (Å²) < 4.78 is 1.71. The van der Waals surface area contributed by atoms with Crippen LogP contribution in [-0.4, -0.2) is 15.7 Å². The average molecular weight is 247 g/mol. The number of amides is 1. The maximum atomic E-state index is 11.9. The number of carbonyl (C=O) groups excluding carboxylic acids is 1. The van der Waals surface area contributed by atoms with Crippen molar-refractivity contribution in [2.75, 3.05) is 5.32 Å². The van der Waals surface area contributed by atoms with Gasteiger partial charge in [-0.1, -0.05) is 6.07 Å². The second kappa shape index (κ2) is 4.63. The molecule has 1 aromatic heterocycles. The van der Waals surface area contributed by atoms with Crippen molar-refractivity contribution < 1.29 is 4.79 Å². The van der Waals surface area contributed by atoms with Crippen molar-refractivity contribution in [3.8, 4) is 0 Å². The number of nitrogens with one attached hydrogen (secondary N) is 1. The molecule has 17 heavy (non-hydrogen) atoms. The Hall–Kier alpha value is -1.75. The lowest BCUT2D eigenvalue weighted by atomic mass is 10.2. The summed E-state index contributed by atoms with van der Waals surface area (Å²) >= 11 is 4.20. The third-order valence-electron chi connectivity index (χ3n) is 2.46. The van der Waals surface area contributed by atoms with Gasteiger partial charge in [-0.3, -0.25) is 9.48 Å². The van der Waals surface area contributed by atoms with Gasteiger partial charge in [0.15, 0.2) is 5.82 Å². The van der Waals surface area contributed by atoms with E-state index in [-0.39, 0.29) is 5.91 Å². The summed E-state index contributed by atoms with van der Waals surface area (Å²) in [5.74, 6) is 0.374. The molecule has 88 valence electrons. The summed E-state index contributed by atoms with van der Waals surface area (Å²) in [4.78, 5) is 12.7. The highest BCUT2D eigenvalue weighted by atomic mass is 32.1. The van der Waals surface area contributed by atoms with E-state index in [9.17, 15) is 4.79 Å². The molecule has 4 nitrogen and oxygen atoms in total. The predicted octanol–water partition coefficient (Wildman–Crippen LogP) is 2.27. The number of anilines is 1. The van der Waals surface area contributed by atoms with Gasteiger partial charge in [0, 0.05) is 29.3 Å². The molecule has 2 rings (SSSR count). The summed E-state index contributed by atoms with van der Waals surface area (Å²) in [6, 6.07) is 8.90. The predicted molar refractivity (Wildman–Crippen MR) is 69.6 cm³/mol. The first-order valence-electron chi connectivity index (χ1n) is 5.17. The number of hydrogen-bond acceptors (Lipinski definition) is 3. The lowest BCUT2D eigenvalue weighted by molar-refractivity contribution is 0.102. The van der Waals surface area contributed by atoms with Crippen molar-refractivity contribution in [2.24, 2.45) is 7.05 Å². The molecule has 0 bridgehead atoms. The first-order chi connectivity index (χ1) is 8.06. The molecule has 0 fully saturated rings. The zero-order chi connectivity index (χ0) is 12.4. The lowest BCUT2D eigenvalue weighted by Crippen LogP contribution is -2.12. The van der Waals surface area contributed by atoms with Crippen molar-refractivity contribution in [1.29, 1.82) is 0 Å². The molecule has 0 aliphatic heterocycles. The van der Waals surface area contributed by atoms with Crippen molar-refractivity contribution in [1.82, 2.24) is 9.78 Å². The first-order valence-corrected chi connectivity index (χ1v) is 5.62. The number of thiol groups is 1. The van der Waals surface area contributed by atoms with E-state index in [1.54, 1.807) is 22.9 Å². The van der Waals surface area contributed by atoms with Crippen LogP contribution in [0.3, 0.4) is 0 Å². The molecule has 5 heteroatoms. The summed E-state index contributed by atoms with van der Waals surface area (Å²) in [6.07, 6.45) is 0. The van der Waals surface area contributed by atoms with Crippen LogP contribution in [0, 0.1) is 6.92 Å². The lowest BCUT2D eigenvalue weighted by Gasteiger charge is -2.02. The normalized spacial score (nSPS) is 10.3. The molecule has 0 atom stereocenters. The zero-order valence-corrected chi connectivity index (χ0v) is 10.5. The van der Waals surface area contributed by atoms with Crippen LogP contribution in [-0.2, 0) is 7.05 Å². The minimum Gasteiger partial charge on any atom is -0.305 e. The molecule has 0 spiro atoms. The largest absolute Gasteiger partial charge is 0.305 e. The first kappa shape index (κ1) is 11.7. The molecule has 0 radical (unpaired) electrons. The topological polar surface area (TPSA) is 46.9 Å². The summed E-state index contributed by atoms with van der Waals surface area (Å²) in [7, 11) is 1.83. The van der Waals surface area contributed by atoms with Crippen LogP contribution in [0.15, 0.2) is 35.2 Å². The number of nitrogens with zero attached hydrogens (tertiary/aromatic N) is 2. The van der Waals surface area contributed by atoms with Crippen molar-refractivity contribution in [2.45, 2.75) is 11.8 Å². The Kier molecular flexibility index (Phi) is 3.19. The minimum absolute atomic E-state index is 0.181. The van der Waals surface area contributed by atoms with Crippen LogP contribution in [0.5, 0.6) is 0 Å². The monoisotopic (exact) mass is 247 g/mol. The Bertz CT molecular complexity index is 543. The van der Waals surface area contributed by atoms with Gasteiger partial charge in [-0.15, -0.1) is 12.6 Å². The van der Waals surface area contributed by atoms with Gasteiger partial charge >= 0.3 is 0 Å². The standard InChI is InChI=1S/C12H13N3OS/c1-8-6-11(14-15(8)2)13-12(16)9-4-3-5-10(17)7-9/h3-7,17H,1-2H3,(H,13,14,16). The third kappa shape index (κ3) is 2.68. The Morgan fingerprint density at radius 2 is 2.18 bits per heavy atom. The maximum Gasteiger partial charge on any atom is 0.256 e. The fourth-order valence-corrected chi connectivity index (χ4v) is 1.68. The summed E-state index contributed by atoms with van der Waals surface area (Å²) in [5.41, 5.74) is 1.56. The average Bonchev–Trinajstić information content (AvgIpc) is 2.58. The Balaban J connectivity index is 2.17. The number of hydrogen-bond donors (Lipinski definition) is 2. The minimum atomic E-state index is -0.181. The van der Waals surface area contributed by atoms with E-state index >= 15 is 0 Å². The van der Waals surface area contributed by atoms with E-state index in [2.05, 4.69) is 23.0 Å². The number of aryl methyl sites for hydroxylation is 2. The number of rotatable bonds is 2. The molecule has 1 heterocycles. The Labute approximate surface area is 105 Å². The zero-order valence-electron chi connectivity index (χ0n) is 9.64. The summed E-state index contributed by atoms with van der Waals surface area (Å²) in [5, 5.41) is 6.91.